The minimum atomic E-state index is -1.09. The van der Waals surface area contributed by atoms with Crippen molar-refractivity contribution in [3.63, 3.8) is 0 Å². The van der Waals surface area contributed by atoms with Crippen LogP contribution in [0.3, 0.4) is 0 Å². The zero-order valence-corrected chi connectivity index (χ0v) is 14.6. The lowest BCUT2D eigenvalue weighted by Crippen LogP contribution is -2.41. The van der Waals surface area contributed by atoms with Gasteiger partial charge in [-0.1, -0.05) is 42.5 Å². The highest BCUT2D eigenvalue weighted by atomic mass is 16.3. The van der Waals surface area contributed by atoms with Crippen LogP contribution in [0.2, 0.25) is 0 Å². The lowest BCUT2D eigenvalue weighted by Gasteiger charge is -2.10. The highest BCUT2D eigenvalue weighted by molar-refractivity contribution is 5.95. The van der Waals surface area contributed by atoms with Gasteiger partial charge in [0, 0.05) is 18.7 Å². The molecule has 2 aromatic rings. The number of carbonyl (C=O) groups excluding carboxylic acids is 2. The maximum Gasteiger partial charge on any atom is 0.263 e. The van der Waals surface area contributed by atoms with Crippen molar-refractivity contribution in [3.05, 3.63) is 65.1 Å². The van der Waals surface area contributed by atoms with Gasteiger partial charge in [-0.2, -0.15) is 0 Å². The van der Waals surface area contributed by atoms with Gasteiger partial charge in [0.2, 0.25) is 6.17 Å². The number of benzene rings is 2. The fourth-order valence-electron chi connectivity index (χ4n) is 2.40. The maximum absolute atomic E-state index is 12.3. The van der Waals surface area contributed by atoms with Gasteiger partial charge in [-0.05, 0) is 41.9 Å². The molecule has 2 rings (SSSR count). The predicted molar refractivity (Wildman–Crippen MR) is 100 cm³/mol. The molecule has 2 amide bonds. The van der Waals surface area contributed by atoms with Gasteiger partial charge in [-0.15, -0.1) is 4.91 Å². The average Bonchev–Trinajstić information content (AvgIpc) is 2.69. The van der Waals surface area contributed by atoms with Crippen molar-refractivity contribution in [2.24, 2.45) is 5.18 Å². The summed E-state index contributed by atoms with van der Waals surface area (Å²) in [5.41, 5.74) is 2.61. The molecule has 0 aliphatic heterocycles. The zero-order valence-electron chi connectivity index (χ0n) is 14.6. The highest BCUT2D eigenvalue weighted by Gasteiger charge is 2.15. The molecule has 0 heterocycles. The summed E-state index contributed by atoms with van der Waals surface area (Å²) in [5, 5.41) is 10.6. The highest BCUT2D eigenvalue weighted by Crippen LogP contribution is 2.19. The van der Waals surface area contributed by atoms with E-state index < -0.39 is 12.1 Å². The van der Waals surface area contributed by atoms with Crippen molar-refractivity contribution in [2.75, 3.05) is 20.1 Å². The molecule has 26 heavy (non-hydrogen) atoms. The Labute approximate surface area is 152 Å². The summed E-state index contributed by atoms with van der Waals surface area (Å²) in [6.07, 6.45) is -0.546. The lowest BCUT2D eigenvalue weighted by atomic mass is 10.0. The molecular weight excluding hydrogens is 332 g/mol. The molecule has 0 aromatic heterocycles. The Morgan fingerprint density at radius 2 is 1.65 bits per heavy atom. The van der Waals surface area contributed by atoms with E-state index in [0.717, 1.165) is 11.1 Å². The van der Waals surface area contributed by atoms with Crippen molar-refractivity contribution in [1.29, 1.82) is 0 Å². The molecule has 1 atom stereocenters. The van der Waals surface area contributed by atoms with Crippen molar-refractivity contribution < 1.29 is 9.59 Å². The molecule has 7 nitrogen and oxygen atoms in total. The molecule has 136 valence electrons. The third-order valence-corrected chi connectivity index (χ3v) is 3.80. The van der Waals surface area contributed by atoms with E-state index in [2.05, 4.69) is 21.1 Å². The van der Waals surface area contributed by atoms with Gasteiger partial charge >= 0.3 is 0 Å². The van der Waals surface area contributed by atoms with Gasteiger partial charge in [-0.3, -0.25) is 14.9 Å². The number of amides is 2. The molecule has 7 heteroatoms. The molecular formula is C19H22N4O3. The quantitative estimate of drug-likeness (QED) is 0.473. The number of nitroso groups, excluding NO2 is 1. The first-order chi connectivity index (χ1) is 12.7. The molecule has 0 radical (unpaired) electrons. The maximum atomic E-state index is 12.3. The smallest absolute Gasteiger partial charge is 0.263 e. The van der Waals surface area contributed by atoms with Crippen molar-refractivity contribution in [3.8, 4) is 11.1 Å². The Kier molecular flexibility index (Phi) is 7.45. The predicted octanol–water partition coefficient (Wildman–Crippen LogP) is 1.90. The third-order valence-electron chi connectivity index (χ3n) is 3.80. The summed E-state index contributed by atoms with van der Waals surface area (Å²) >= 11 is 0. The van der Waals surface area contributed by atoms with E-state index >= 15 is 0 Å². The van der Waals surface area contributed by atoms with Gasteiger partial charge in [0.05, 0.1) is 0 Å². The molecule has 0 saturated carbocycles. The van der Waals surface area contributed by atoms with E-state index in [1.54, 1.807) is 6.07 Å². The summed E-state index contributed by atoms with van der Waals surface area (Å²) < 4.78 is 0. The van der Waals surface area contributed by atoms with Crippen LogP contribution >= 0.6 is 0 Å². The largest absolute Gasteiger partial charge is 0.353 e. The van der Waals surface area contributed by atoms with Crippen LogP contribution in [0, 0.1) is 4.91 Å². The van der Waals surface area contributed by atoms with Crippen molar-refractivity contribution >= 4 is 11.8 Å². The summed E-state index contributed by atoms with van der Waals surface area (Å²) in [5.74, 6) is -0.652. The summed E-state index contributed by atoms with van der Waals surface area (Å²) in [4.78, 5) is 34.2. The second-order valence-corrected chi connectivity index (χ2v) is 5.64. The Hall–Kier alpha value is -3.06. The van der Waals surface area contributed by atoms with Crippen LogP contribution in [-0.2, 0) is 4.79 Å². The fourth-order valence-corrected chi connectivity index (χ4v) is 2.40. The number of carbonyl (C=O) groups is 2. The van der Waals surface area contributed by atoms with Crippen LogP contribution in [-0.4, -0.2) is 38.1 Å². The number of nitrogens with one attached hydrogen (secondary N) is 3. The van der Waals surface area contributed by atoms with E-state index in [1.165, 1.54) is 7.05 Å². The Balaban J connectivity index is 1.80. The number of rotatable bonds is 9. The van der Waals surface area contributed by atoms with Gasteiger partial charge in [0.1, 0.15) is 0 Å². The zero-order chi connectivity index (χ0) is 18.8. The number of likely N-dealkylation sites (N-methyl/N-ethyl adjacent to an activating group) is 1. The molecule has 0 saturated heterocycles. The van der Waals surface area contributed by atoms with E-state index in [9.17, 15) is 14.5 Å². The fraction of sp³-hybridized carbons (Fsp3) is 0.263. The normalized spacial score (nSPS) is 11.4. The molecule has 0 fully saturated rings. The van der Waals surface area contributed by atoms with Gasteiger partial charge in [0.25, 0.3) is 11.8 Å². The molecule has 0 unspecified atom stereocenters. The topological polar surface area (TPSA) is 99.7 Å². The number of hydrogen-bond acceptors (Lipinski definition) is 5. The SMILES string of the molecule is CN[C@@H](N=O)C(=O)NCCCNC(=O)c1cccc(-c2ccccc2)c1. The third kappa shape index (κ3) is 5.49. The van der Waals surface area contributed by atoms with E-state index in [0.29, 0.717) is 25.1 Å². The van der Waals surface area contributed by atoms with Gasteiger partial charge in [-0.25, -0.2) is 0 Å². The van der Waals surface area contributed by atoms with Crippen molar-refractivity contribution in [1.82, 2.24) is 16.0 Å². The second kappa shape index (κ2) is 10.0. The van der Waals surface area contributed by atoms with Crippen LogP contribution in [0.1, 0.15) is 16.8 Å². The lowest BCUT2D eigenvalue weighted by molar-refractivity contribution is -0.122. The van der Waals surface area contributed by atoms with Gasteiger partial charge < -0.3 is 10.6 Å². The standard InChI is InChI=1S/C19H22N4O3/c1-20-17(23-26)19(25)22-12-6-11-21-18(24)16-10-5-9-15(13-16)14-7-3-2-4-8-14/h2-5,7-10,13,17,20H,6,11-12H2,1H3,(H,21,24)(H,22,25)/t17-/m0/s1. The molecule has 3 N–H and O–H groups in total. The van der Waals surface area contributed by atoms with E-state index in [1.807, 2.05) is 48.5 Å². The minimum Gasteiger partial charge on any atom is -0.353 e. The minimum absolute atomic E-state index is 0.170. The Morgan fingerprint density at radius 1 is 0.962 bits per heavy atom. The first-order valence-corrected chi connectivity index (χ1v) is 8.37. The Morgan fingerprint density at radius 3 is 2.35 bits per heavy atom. The first kappa shape index (κ1) is 19.3. The van der Waals surface area contributed by atoms with Crippen LogP contribution in [0.5, 0.6) is 0 Å². The average molecular weight is 354 g/mol. The van der Waals surface area contributed by atoms with Crippen LogP contribution < -0.4 is 16.0 Å². The number of nitrogens with zero attached hydrogens (tertiary/aromatic N) is 1. The van der Waals surface area contributed by atoms with E-state index in [4.69, 9.17) is 0 Å². The van der Waals surface area contributed by atoms with Gasteiger partial charge in [0.15, 0.2) is 0 Å². The van der Waals surface area contributed by atoms with Crippen LogP contribution in [0.15, 0.2) is 59.8 Å². The van der Waals surface area contributed by atoms with Crippen LogP contribution in [0.4, 0.5) is 0 Å². The molecule has 2 aromatic carbocycles. The summed E-state index contributed by atoms with van der Waals surface area (Å²) in [6, 6.07) is 17.3. The molecule has 0 bridgehead atoms. The first-order valence-electron chi connectivity index (χ1n) is 8.37. The number of hydrogen-bond donors (Lipinski definition) is 3. The monoisotopic (exact) mass is 354 g/mol. The Bertz CT molecular complexity index is 749. The molecule has 0 spiro atoms. The summed E-state index contributed by atoms with van der Waals surface area (Å²) in [7, 11) is 1.48. The van der Waals surface area contributed by atoms with E-state index in [-0.39, 0.29) is 5.91 Å². The molecule has 0 aliphatic carbocycles. The van der Waals surface area contributed by atoms with Crippen molar-refractivity contribution in [2.45, 2.75) is 12.6 Å². The second-order valence-electron chi connectivity index (χ2n) is 5.64. The summed E-state index contributed by atoms with van der Waals surface area (Å²) in [6.45, 7) is 0.754. The molecule has 0 aliphatic rings. The van der Waals surface area contributed by atoms with Crippen LogP contribution in [0.25, 0.3) is 11.1 Å².